The van der Waals surface area contributed by atoms with Gasteiger partial charge in [0.05, 0.1) is 39.9 Å². The third kappa shape index (κ3) is 32.5. The first kappa shape index (κ1) is 45.9. The third-order valence-corrected chi connectivity index (χ3v) is 8.39. The van der Waals surface area contributed by atoms with Crippen molar-refractivity contribution in [1.29, 1.82) is 0 Å². The lowest BCUT2D eigenvalue weighted by Gasteiger charge is -2.29. The number of phosphoric ester groups is 1. The number of nitrogens with one attached hydrogen (secondary N) is 1. The molecule has 0 aromatic rings. The van der Waals surface area contributed by atoms with Crippen LogP contribution in [-0.2, 0) is 18.4 Å². The van der Waals surface area contributed by atoms with E-state index < -0.39 is 26.6 Å². The van der Waals surface area contributed by atoms with Crippen LogP contribution in [0.25, 0.3) is 0 Å². The molecule has 0 aliphatic heterocycles. The second kappa shape index (κ2) is 31.0. The molecule has 48 heavy (non-hydrogen) atoms. The number of aliphatic hydroxyl groups is 1. The largest absolute Gasteiger partial charge is 0.756 e. The molecule has 0 fully saturated rings. The highest BCUT2D eigenvalue weighted by Crippen LogP contribution is 2.38. The Bertz CT molecular complexity index is 1010. The van der Waals surface area contributed by atoms with E-state index in [0.29, 0.717) is 17.4 Å². The van der Waals surface area contributed by atoms with Crippen molar-refractivity contribution in [3.05, 3.63) is 72.9 Å². The predicted octanol–water partition coefficient (Wildman–Crippen LogP) is 8.66. The highest BCUT2D eigenvalue weighted by Gasteiger charge is 2.23. The third-order valence-electron chi connectivity index (χ3n) is 7.42. The van der Waals surface area contributed by atoms with Gasteiger partial charge in [-0.25, -0.2) is 0 Å². The van der Waals surface area contributed by atoms with Crippen LogP contribution in [0.2, 0.25) is 0 Å². The number of phosphoric acid groups is 1. The number of carbonyl (C=O) groups excluding carboxylic acids is 1. The first-order chi connectivity index (χ1) is 23.0. The quantitative estimate of drug-likeness (QED) is 0.0326. The van der Waals surface area contributed by atoms with E-state index in [1.807, 2.05) is 27.2 Å². The summed E-state index contributed by atoms with van der Waals surface area (Å²) in [5.74, 6) is -0.262. The first-order valence-corrected chi connectivity index (χ1v) is 19.8. The van der Waals surface area contributed by atoms with Gasteiger partial charge in [-0.2, -0.15) is 0 Å². The van der Waals surface area contributed by atoms with Gasteiger partial charge in [-0.1, -0.05) is 125 Å². The van der Waals surface area contributed by atoms with E-state index in [1.54, 1.807) is 6.08 Å². The van der Waals surface area contributed by atoms with E-state index in [9.17, 15) is 19.4 Å². The molecule has 0 saturated heterocycles. The lowest BCUT2D eigenvalue weighted by Crippen LogP contribution is -2.45. The highest BCUT2D eigenvalue weighted by atomic mass is 31.2. The second-order valence-electron chi connectivity index (χ2n) is 13.2. The summed E-state index contributed by atoms with van der Waals surface area (Å²) < 4.78 is 23.0. The Hall–Kier alpha value is -2.06. The Labute approximate surface area is 294 Å². The van der Waals surface area contributed by atoms with Gasteiger partial charge in [0.1, 0.15) is 13.2 Å². The predicted molar refractivity (Wildman–Crippen MR) is 200 cm³/mol. The molecule has 3 unspecified atom stereocenters. The fraction of sp³-hybridized carbons (Fsp3) is 0.667. The van der Waals surface area contributed by atoms with Crippen LogP contribution in [0.3, 0.4) is 0 Å². The summed E-state index contributed by atoms with van der Waals surface area (Å²) in [5.41, 5.74) is 0. The number of unbranched alkanes of at least 4 members (excludes halogenated alkanes) is 8. The van der Waals surface area contributed by atoms with Crippen molar-refractivity contribution in [2.75, 3.05) is 40.9 Å². The van der Waals surface area contributed by atoms with Crippen molar-refractivity contribution in [3.8, 4) is 0 Å². The van der Waals surface area contributed by atoms with E-state index in [0.717, 1.165) is 57.8 Å². The smallest absolute Gasteiger partial charge is 0.268 e. The SMILES string of the molecule is CC/C=C\C/C=C\C/C=C\C/C=C\C/C=C\CCCC(=O)NC(COP(=O)([O-])OCC[N+](C)(C)C)C(O)/C=C/CCCCCCCCC. The number of hydrogen-bond acceptors (Lipinski definition) is 6. The molecule has 8 nitrogen and oxygen atoms in total. The van der Waals surface area contributed by atoms with Gasteiger partial charge in [0, 0.05) is 6.42 Å². The Morgan fingerprint density at radius 3 is 1.83 bits per heavy atom. The van der Waals surface area contributed by atoms with Gasteiger partial charge >= 0.3 is 0 Å². The van der Waals surface area contributed by atoms with E-state index in [-0.39, 0.29) is 18.9 Å². The summed E-state index contributed by atoms with van der Waals surface area (Å²) in [6, 6.07) is -0.916. The minimum Gasteiger partial charge on any atom is -0.756 e. The Balaban J connectivity index is 4.64. The summed E-state index contributed by atoms with van der Waals surface area (Å²) in [4.78, 5) is 25.1. The van der Waals surface area contributed by atoms with Crippen LogP contribution in [-0.4, -0.2) is 68.5 Å². The van der Waals surface area contributed by atoms with Crippen LogP contribution < -0.4 is 10.2 Å². The number of carbonyl (C=O) groups is 1. The number of quaternary nitrogens is 1. The summed E-state index contributed by atoms with van der Waals surface area (Å²) in [6.07, 6.45) is 39.6. The van der Waals surface area contributed by atoms with E-state index >= 15 is 0 Å². The Morgan fingerprint density at radius 2 is 1.27 bits per heavy atom. The lowest BCUT2D eigenvalue weighted by molar-refractivity contribution is -0.870. The molecule has 0 rings (SSSR count). The number of amides is 1. The molecule has 276 valence electrons. The Morgan fingerprint density at radius 1 is 0.750 bits per heavy atom. The molecule has 0 aliphatic rings. The average molecular weight is 693 g/mol. The van der Waals surface area contributed by atoms with Crippen molar-refractivity contribution in [1.82, 2.24) is 5.32 Å². The molecule has 3 atom stereocenters. The minimum atomic E-state index is -4.59. The van der Waals surface area contributed by atoms with Crippen LogP contribution in [0.15, 0.2) is 72.9 Å². The molecular weight excluding hydrogens is 623 g/mol. The van der Waals surface area contributed by atoms with Crippen LogP contribution >= 0.6 is 7.82 Å². The normalized spacial score (nSPS) is 15.6. The molecule has 0 radical (unpaired) electrons. The maximum absolute atomic E-state index is 12.7. The van der Waals surface area contributed by atoms with E-state index in [4.69, 9.17) is 9.05 Å². The fourth-order valence-electron chi connectivity index (χ4n) is 4.48. The number of allylic oxidation sites excluding steroid dienone is 11. The molecular formula is C39H69N2O6P. The van der Waals surface area contributed by atoms with Crippen molar-refractivity contribution >= 4 is 13.7 Å². The van der Waals surface area contributed by atoms with E-state index in [2.05, 4.69) is 79.9 Å². The van der Waals surface area contributed by atoms with Crippen molar-refractivity contribution < 1.29 is 32.9 Å². The van der Waals surface area contributed by atoms with Gasteiger partial charge < -0.3 is 28.8 Å². The maximum atomic E-state index is 12.7. The van der Waals surface area contributed by atoms with Crippen molar-refractivity contribution in [2.24, 2.45) is 0 Å². The second-order valence-corrected chi connectivity index (χ2v) is 14.6. The monoisotopic (exact) mass is 692 g/mol. The summed E-state index contributed by atoms with van der Waals surface area (Å²) in [6.45, 7) is 4.41. The molecule has 0 spiro atoms. The van der Waals surface area contributed by atoms with Gasteiger partial charge in [-0.15, -0.1) is 0 Å². The molecule has 0 aliphatic carbocycles. The van der Waals surface area contributed by atoms with Gasteiger partial charge in [0.25, 0.3) is 7.82 Å². The molecule has 0 heterocycles. The summed E-state index contributed by atoms with van der Waals surface area (Å²) in [5, 5.41) is 13.6. The molecule has 1 amide bonds. The lowest BCUT2D eigenvalue weighted by atomic mass is 10.1. The first-order valence-electron chi connectivity index (χ1n) is 18.3. The zero-order valence-corrected chi connectivity index (χ0v) is 31.8. The van der Waals surface area contributed by atoms with Gasteiger partial charge in [0.15, 0.2) is 0 Å². The molecule has 9 heteroatoms. The molecule has 0 bridgehead atoms. The minimum absolute atomic E-state index is 0.0159. The summed E-state index contributed by atoms with van der Waals surface area (Å²) >= 11 is 0. The zero-order chi connectivity index (χ0) is 35.8. The number of nitrogens with zero attached hydrogens (tertiary/aromatic N) is 1. The number of likely N-dealkylation sites (N-methyl/N-ethyl adjacent to an activating group) is 1. The number of rotatable bonds is 31. The van der Waals surface area contributed by atoms with Crippen molar-refractivity contribution in [3.63, 3.8) is 0 Å². The van der Waals surface area contributed by atoms with Gasteiger partial charge in [-0.05, 0) is 57.8 Å². The van der Waals surface area contributed by atoms with Gasteiger partial charge in [-0.3, -0.25) is 9.36 Å². The summed E-state index contributed by atoms with van der Waals surface area (Å²) in [7, 11) is 1.20. The fourth-order valence-corrected chi connectivity index (χ4v) is 5.20. The molecule has 0 aromatic carbocycles. The molecule has 0 saturated carbocycles. The number of aliphatic hydroxyl groups excluding tert-OH is 1. The van der Waals surface area contributed by atoms with E-state index in [1.165, 1.54) is 32.1 Å². The molecule has 0 aromatic heterocycles. The topological polar surface area (TPSA) is 108 Å². The van der Waals surface area contributed by atoms with Gasteiger partial charge in [0.2, 0.25) is 5.91 Å². The van der Waals surface area contributed by atoms with Crippen molar-refractivity contribution in [2.45, 2.75) is 129 Å². The van der Waals surface area contributed by atoms with Crippen LogP contribution in [0, 0.1) is 0 Å². The van der Waals surface area contributed by atoms with Crippen LogP contribution in [0.5, 0.6) is 0 Å². The van der Waals surface area contributed by atoms with Crippen LogP contribution in [0.4, 0.5) is 0 Å². The standard InChI is InChI=1S/C39H69N2O6P/c1-6-8-10-12-14-16-17-18-19-20-21-22-23-25-27-29-31-33-39(43)40-37(36-47-48(44,45)46-35-34-41(3,4)5)38(42)32-30-28-26-24-15-13-11-9-7-2/h8,10,14,16,18-19,21-22,25,27,30,32,37-38,42H,6-7,9,11-13,15,17,20,23-24,26,28-29,31,33-36H2,1-5H3,(H-,40,43,44,45)/b10-8-,16-14-,19-18-,22-21-,27-25-,32-30+. The highest BCUT2D eigenvalue weighted by molar-refractivity contribution is 7.45. The Kier molecular flexibility index (Phi) is 29.6. The zero-order valence-electron chi connectivity index (χ0n) is 30.9. The van der Waals surface area contributed by atoms with Crippen LogP contribution in [0.1, 0.15) is 117 Å². The maximum Gasteiger partial charge on any atom is 0.268 e. The molecule has 2 N–H and O–H groups in total. The number of hydrogen-bond donors (Lipinski definition) is 2. The average Bonchev–Trinajstić information content (AvgIpc) is 3.02.